The molecule has 0 bridgehead atoms. The Labute approximate surface area is 193 Å². The Bertz CT molecular complexity index is 1050. The van der Waals surface area contributed by atoms with Crippen molar-refractivity contribution in [2.75, 3.05) is 19.3 Å². The molecule has 2 heterocycles. The summed E-state index contributed by atoms with van der Waals surface area (Å²) in [5, 5.41) is 0. The van der Waals surface area contributed by atoms with Crippen LogP contribution in [-0.2, 0) is 9.84 Å². The second kappa shape index (κ2) is 9.88. The van der Waals surface area contributed by atoms with Crippen LogP contribution in [0.25, 0.3) is 11.1 Å². The molecule has 32 heavy (non-hydrogen) atoms. The van der Waals surface area contributed by atoms with Gasteiger partial charge in [-0.1, -0.05) is 38.1 Å². The van der Waals surface area contributed by atoms with Crippen molar-refractivity contribution in [1.82, 2.24) is 4.90 Å². The van der Waals surface area contributed by atoms with Gasteiger partial charge in [0.1, 0.15) is 0 Å². The van der Waals surface area contributed by atoms with Gasteiger partial charge in [0.05, 0.1) is 10.6 Å². The predicted octanol–water partition coefficient (Wildman–Crippen LogP) is 6.24. The normalized spacial score (nSPS) is 19.9. The highest BCUT2D eigenvalue weighted by Crippen LogP contribution is 2.40. The van der Waals surface area contributed by atoms with Gasteiger partial charge in [0.25, 0.3) is 0 Å². The van der Waals surface area contributed by atoms with Crippen LogP contribution in [0.15, 0.2) is 52.4 Å². The second-order valence-electron chi connectivity index (χ2n) is 9.50. The summed E-state index contributed by atoms with van der Waals surface area (Å²) in [5.41, 5.74) is 4.54. The van der Waals surface area contributed by atoms with Gasteiger partial charge in [-0.15, -0.1) is 0 Å². The minimum Gasteiger partial charge on any atom is -0.300 e. The average molecular weight is 453 g/mol. The molecule has 0 spiro atoms. The van der Waals surface area contributed by atoms with Crippen molar-refractivity contribution in [2.45, 2.75) is 69.2 Å². The van der Waals surface area contributed by atoms with Crippen molar-refractivity contribution in [3.63, 3.8) is 0 Å². The lowest BCUT2D eigenvalue weighted by molar-refractivity contribution is 0.120. The van der Waals surface area contributed by atoms with Gasteiger partial charge in [0.2, 0.25) is 0 Å². The maximum absolute atomic E-state index is 11.7. The Balaban J connectivity index is 1.44. The molecule has 0 aliphatic carbocycles. The van der Waals surface area contributed by atoms with Crippen LogP contribution in [-0.4, -0.2) is 44.9 Å². The monoisotopic (exact) mass is 452 g/mol. The molecule has 0 saturated carbocycles. The van der Waals surface area contributed by atoms with Crippen molar-refractivity contribution < 1.29 is 8.42 Å². The van der Waals surface area contributed by atoms with Gasteiger partial charge in [0, 0.05) is 18.5 Å². The molecule has 0 N–H and O–H groups in total. The number of rotatable bonds is 7. The molecule has 1 unspecified atom stereocenters. The minimum atomic E-state index is -3.18. The molecule has 1 saturated heterocycles. The number of hydrogen-bond donors (Lipinski definition) is 0. The fourth-order valence-electron chi connectivity index (χ4n) is 5.46. The highest BCUT2D eigenvalue weighted by atomic mass is 32.2. The molecule has 5 heteroatoms. The Morgan fingerprint density at radius 2 is 1.66 bits per heavy atom. The summed E-state index contributed by atoms with van der Waals surface area (Å²) >= 11 is 0. The summed E-state index contributed by atoms with van der Waals surface area (Å²) in [4.78, 5) is 7.76. The Hall–Kier alpha value is -1.98. The quantitative estimate of drug-likeness (QED) is 0.500. The van der Waals surface area contributed by atoms with E-state index < -0.39 is 9.84 Å². The van der Waals surface area contributed by atoms with Gasteiger partial charge in [-0.3, -0.25) is 4.99 Å². The van der Waals surface area contributed by atoms with Crippen molar-refractivity contribution in [3.8, 4) is 11.1 Å². The van der Waals surface area contributed by atoms with Crippen LogP contribution in [0.3, 0.4) is 0 Å². The van der Waals surface area contributed by atoms with Gasteiger partial charge in [0.15, 0.2) is 9.84 Å². The molecular formula is C27H36N2O2S. The summed E-state index contributed by atoms with van der Waals surface area (Å²) < 4.78 is 23.5. The first-order valence-corrected chi connectivity index (χ1v) is 14.0. The summed E-state index contributed by atoms with van der Waals surface area (Å²) in [7, 11) is -3.18. The van der Waals surface area contributed by atoms with E-state index in [4.69, 9.17) is 4.99 Å². The van der Waals surface area contributed by atoms with E-state index in [0.717, 1.165) is 35.2 Å². The van der Waals surface area contributed by atoms with Gasteiger partial charge in [-0.25, -0.2) is 8.42 Å². The van der Waals surface area contributed by atoms with E-state index in [1.165, 1.54) is 57.0 Å². The zero-order chi connectivity index (χ0) is 22.7. The molecule has 4 rings (SSSR count). The first-order chi connectivity index (χ1) is 15.4. The number of nitrogens with zero attached hydrogens (tertiary/aromatic N) is 2. The SMILES string of the molecule is CCC(CC)N1CCC(CC2CC=Nc3cc(-c4ccc(S(C)(=O)=O)cc4)ccc32)CC1. The molecule has 2 aliphatic rings. The van der Waals surface area contributed by atoms with Crippen LogP contribution in [0.4, 0.5) is 5.69 Å². The zero-order valence-electron chi connectivity index (χ0n) is 19.6. The van der Waals surface area contributed by atoms with Gasteiger partial charge in [-0.2, -0.15) is 0 Å². The largest absolute Gasteiger partial charge is 0.300 e. The van der Waals surface area contributed by atoms with Gasteiger partial charge in [-0.05, 0) is 98.3 Å². The molecule has 0 amide bonds. The first-order valence-electron chi connectivity index (χ1n) is 12.1. The van der Waals surface area contributed by atoms with E-state index in [0.29, 0.717) is 10.8 Å². The topological polar surface area (TPSA) is 49.7 Å². The molecule has 2 aromatic rings. The number of sulfone groups is 1. The van der Waals surface area contributed by atoms with Crippen molar-refractivity contribution in [3.05, 3.63) is 48.0 Å². The minimum absolute atomic E-state index is 0.354. The summed E-state index contributed by atoms with van der Waals surface area (Å²) in [5.74, 6) is 1.35. The van der Waals surface area contributed by atoms with Crippen LogP contribution in [0.2, 0.25) is 0 Å². The third kappa shape index (κ3) is 5.15. The Morgan fingerprint density at radius 1 is 1.00 bits per heavy atom. The summed E-state index contributed by atoms with van der Waals surface area (Å²) in [6.45, 7) is 7.11. The molecule has 2 aliphatic heterocycles. The number of hydrogen-bond acceptors (Lipinski definition) is 4. The summed E-state index contributed by atoms with van der Waals surface area (Å²) in [6.07, 6.45) is 10.7. The standard InChI is InChI=1S/C27H36N2O2S/c1-4-24(5-2)29-16-13-20(14-17-29)18-23-12-15-28-27-19-22(8-11-26(23)27)21-6-9-25(10-7-21)32(3,30)31/h6-11,15,19-20,23-24H,4-5,12-14,16-18H2,1-3H3. The Kier molecular flexibility index (Phi) is 7.16. The highest BCUT2D eigenvalue weighted by molar-refractivity contribution is 7.90. The van der Waals surface area contributed by atoms with E-state index in [2.05, 4.69) is 43.2 Å². The van der Waals surface area contributed by atoms with Crippen LogP contribution >= 0.6 is 0 Å². The maximum Gasteiger partial charge on any atom is 0.175 e. The van der Waals surface area contributed by atoms with Crippen LogP contribution in [0.1, 0.15) is 63.9 Å². The summed E-state index contributed by atoms with van der Waals surface area (Å²) in [6, 6.07) is 14.5. The van der Waals surface area contributed by atoms with E-state index in [9.17, 15) is 8.42 Å². The lowest BCUT2D eigenvalue weighted by Gasteiger charge is -2.38. The molecule has 0 aromatic heterocycles. The molecule has 4 nitrogen and oxygen atoms in total. The van der Waals surface area contributed by atoms with Crippen molar-refractivity contribution in [1.29, 1.82) is 0 Å². The van der Waals surface area contributed by atoms with Crippen molar-refractivity contribution in [2.24, 2.45) is 10.9 Å². The molecule has 1 atom stereocenters. The number of likely N-dealkylation sites (tertiary alicyclic amines) is 1. The van der Waals surface area contributed by atoms with Gasteiger partial charge >= 0.3 is 0 Å². The number of piperidine rings is 1. The van der Waals surface area contributed by atoms with Crippen LogP contribution in [0.5, 0.6) is 0 Å². The molecule has 0 radical (unpaired) electrons. The van der Waals surface area contributed by atoms with E-state index in [-0.39, 0.29) is 0 Å². The maximum atomic E-state index is 11.7. The fourth-order valence-corrected chi connectivity index (χ4v) is 6.09. The van der Waals surface area contributed by atoms with E-state index in [1.54, 1.807) is 12.1 Å². The molecular weight excluding hydrogens is 416 g/mol. The van der Waals surface area contributed by atoms with Crippen LogP contribution < -0.4 is 0 Å². The fraction of sp³-hybridized carbons (Fsp3) is 0.519. The van der Waals surface area contributed by atoms with Crippen molar-refractivity contribution >= 4 is 21.7 Å². The second-order valence-corrected chi connectivity index (χ2v) is 11.5. The molecule has 2 aromatic carbocycles. The number of benzene rings is 2. The van der Waals surface area contributed by atoms with Gasteiger partial charge < -0.3 is 4.90 Å². The average Bonchev–Trinajstić information content (AvgIpc) is 2.80. The van der Waals surface area contributed by atoms with E-state index in [1.807, 2.05) is 12.1 Å². The lowest BCUT2D eigenvalue weighted by atomic mass is 9.80. The smallest absolute Gasteiger partial charge is 0.175 e. The lowest BCUT2D eigenvalue weighted by Crippen LogP contribution is -2.41. The first kappa shape index (κ1) is 23.2. The zero-order valence-corrected chi connectivity index (χ0v) is 20.4. The Morgan fingerprint density at radius 3 is 2.28 bits per heavy atom. The highest BCUT2D eigenvalue weighted by Gasteiger charge is 2.27. The third-order valence-corrected chi connectivity index (χ3v) is 8.56. The van der Waals surface area contributed by atoms with E-state index >= 15 is 0 Å². The predicted molar refractivity (Wildman–Crippen MR) is 134 cm³/mol. The third-order valence-electron chi connectivity index (χ3n) is 7.43. The number of aliphatic imine (C=N–C) groups is 1. The van der Waals surface area contributed by atoms with Crippen LogP contribution in [0, 0.1) is 5.92 Å². The molecule has 1 fully saturated rings. The number of fused-ring (bicyclic) bond motifs is 1. The molecule has 172 valence electrons.